The lowest BCUT2D eigenvalue weighted by molar-refractivity contribution is -0.386. The number of nitrogens with zero attached hydrogens (tertiary/aromatic N) is 3. The van der Waals surface area contributed by atoms with Crippen molar-refractivity contribution >= 4 is 5.69 Å². The van der Waals surface area contributed by atoms with Crippen molar-refractivity contribution in [2.24, 2.45) is 5.73 Å². The van der Waals surface area contributed by atoms with Gasteiger partial charge in [-0.25, -0.2) is 0 Å². The van der Waals surface area contributed by atoms with Gasteiger partial charge in [0.25, 0.3) is 0 Å². The number of nitro groups is 1. The van der Waals surface area contributed by atoms with Crippen LogP contribution in [0.25, 0.3) is 0 Å². The lowest BCUT2D eigenvalue weighted by Gasteiger charge is -2.27. The molecule has 122 valence electrons. The van der Waals surface area contributed by atoms with E-state index >= 15 is 0 Å². The van der Waals surface area contributed by atoms with Crippen molar-refractivity contribution in [2.75, 3.05) is 20.1 Å². The minimum atomic E-state index is -0.594. The molecule has 0 saturated heterocycles. The minimum Gasteiger partial charge on any atom is -0.502 e. The fourth-order valence-electron chi connectivity index (χ4n) is 2.48. The molecule has 0 spiro atoms. The summed E-state index contributed by atoms with van der Waals surface area (Å²) in [5, 5.41) is 20.5. The second-order valence-electron chi connectivity index (χ2n) is 5.34. The SMILES string of the molecule is CN(CCc1ccncc1)C(CN)c1ccc(O)c([N+](=O)[O-])c1. The molecule has 7 heteroatoms. The van der Waals surface area contributed by atoms with Gasteiger partial charge in [-0.3, -0.25) is 20.0 Å². The molecule has 0 amide bonds. The Labute approximate surface area is 134 Å². The highest BCUT2D eigenvalue weighted by molar-refractivity contribution is 5.48. The molecule has 0 radical (unpaired) electrons. The predicted octanol–water partition coefficient (Wildman–Crippen LogP) is 1.87. The van der Waals surface area contributed by atoms with Gasteiger partial charge in [-0.1, -0.05) is 6.07 Å². The van der Waals surface area contributed by atoms with E-state index in [2.05, 4.69) is 9.88 Å². The number of phenolic OH excluding ortho intramolecular Hbond substituents is 1. The maximum atomic E-state index is 11.0. The average molecular weight is 316 g/mol. The van der Waals surface area contributed by atoms with Crippen molar-refractivity contribution in [3.8, 4) is 5.75 Å². The monoisotopic (exact) mass is 316 g/mol. The van der Waals surface area contributed by atoms with Crippen LogP contribution in [0.4, 0.5) is 5.69 Å². The first kappa shape index (κ1) is 16.9. The Morgan fingerprint density at radius 2 is 2.04 bits per heavy atom. The molecule has 0 aliphatic rings. The van der Waals surface area contributed by atoms with Gasteiger partial charge in [-0.2, -0.15) is 0 Å². The molecule has 0 fully saturated rings. The summed E-state index contributed by atoms with van der Waals surface area (Å²) in [6.45, 7) is 1.08. The summed E-state index contributed by atoms with van der Waals surface area (Å²) in [6, 6.07) is 8.15. The van der Waals surface area contributed by atoms with Gasteiger partial charge in [0.1, 0.15) is 0 Å². The number of hydrogen-bond donors (Lipinski definition) is 2. The van der Waals surface area contributed by atoms with Gasteiger partial charge in [-0.15, -0.1) is 0 Å². The molecule has 2 rings (SSSR count). The fraction of sp³-hybridized carbons (Fsp3) is 0.312. The molecule has 1 aromatic carbocycles. The standard InChI is InChI=1S/C16H20N4O3/c1-19(9-6-12-4-7-18-8-5-12)15(11-17)13-2-3-16(21)14(10-13)20(22)23/h2-5,7-8,10,15,21H,6,9,11,17H2,1H3. The number of hydrogen-bond acceptors (Lipinski definition) is 6. The van der Waals surface area contributed by atoms with Crippen molar-refractivity contribution in [3.63, 3.8) is 0 Å². The molecule has 3 N–H and O–H groups in total. The molecular weight excluding hydrogens is 296 g/mol. The molecule has 7 nitrogen and oxygen atoms in total. The van der Waals surface area contributed by atoms with Crippen molar-refractivity contribution in [3.05, 3.63) is 64.0 Å². The van der Waals surface area contributed by atoms with Crippen LogP contribution >= 0.6 is 0 Å². The summed E-state index contributed by atoms with van der Waals surface area (Å²) >= 11 is 0. The number of nitro benzene ring substituents is 1. The highest BCUT2D eigenvalue weighted by atomic mass is 16.6. The number of benzene rings is 1. The van der Waals surface area contributed by atoms with Gasteiger partial charge >= 0.3 is 5.69 Å². The number of aromatic hydroxyl groups is 1. The molecule has 1 heterocycles. The third-order valence-corrected chi connectivity index (χ3v) is 3.84. The molecule has 2 aromatic rings. The second-order valence-corrected chi connectivity index (χ2v) is 5.34. The summed E-state index contributed by atoms with van der Waals surface area (Å²) in [5.74, 6) is -0.339. The largest absolute Gasteiger partial charge is 0.502 e. The van der Waals surface area contributed by atoms with Gasteiger partial charge in [0.2, 0.25) is 0 Å². The van der Waals surface area contributed by atoms with E-state index in [4.69, 9.17) is 5.73 Å². The summed E-state index contributed by atoms with van der Waals surface area (Å²) in [5.41, 5.74) is 7.44. The maximum Gasteiger partial charge on any atom is 0.311 e. The Balaban J connectivity index is 2.12. The lowest BCUT2D eigenvalue weighted by Crippen LogP contribution is -2.32. The van der Waals surface area contributed by atoms with Gasteiger partial charge in [0, 0.05) is 37.6 Å². The van der Waals surface area contributed by atoms with E-state index in [1.54, 1.807) is 18.5 Å². The Bertz CT molecular complexity index is 664. The molecule has 0 saturated carbocycles. The lowest BCUT2D eigenvalue weighted by atomic mass is 10.0. The molecule has 23 heavy (non-hydrogen) atoms. The van der Waals surface area contributed by atoms with Crippen LogP contribution in [0.15, 0.2) is 42.7 Å². The number of rotatable bonds is 7. The zero-order valence-electron chi connectivity index (χ0n) is 12.9. The van der Waals surface area contributed by atoms with Crippen LogP contribution in [0.3, 0.4) is 0 Å². The second kappa shape index (κ2) is 7.66. The Morgan fingerprint density at radius 3 is 2.65 bits per heavy atom. The van der Waals surface area contributed by atoms with Crippen molar-refractivity contribution in [1.82, 2.24) is 9.88 Å². The molecule has 1 atom stereocenters. The Morgan fingerprint density at radius 1 is 1.35 bits per heavy atom. The maximum absolute atomic E-state index is 11.0. The smallest absolute Gasteiger partial charge is 0.311 e. The Kier molecular flexibility index (Phi) is 5.61. The summed E-state index contributed by atoms with van der Waals surface area (Å²) in [4.78, 5) is 16.4. The van der Waals surface area contributed by atoms with E-state index < -0.39 is 4.92 Å². The third kappa shape index (κ3) is 4.24. The molecular formula is C16H20N4O3. The number of likely N-dealkylation sites (N-methyl/N-ethyl adjacent to an activating group) is 1. The highest BCUT2D eigenvalue weighted by Gasteiger charge is 2.20. The topological polar surface area (TPSA) is 106 Å². The zero-order valence-corrected chi connectivity index (χ0v) is 12.9. The van der Waals surface area contributed by atoms with Gasteiger partial charge in [0.15, 0.2) is 5.75 Å². The first-order valence-electron chi connectivity index (χ1n) is 7.29. The van der Waals surface area contributed by atoms with Crippen LogP contribution in [0.1, 0.15) is 17.2 Å². The normalized spacial score (nSPS) is 12.3. The summed E-state index contributed by atoms with van der Waals surface area (Å²) in [6.07, 6.45) is 4.33. The number of aromatic nitrogens is 1. The van der Waals surface area contributed by atoms with E-state index in [-0.39, 0.29) is 17.5 Å². The summed E-state index contributed by atoms with van der Waals surface area (Å²) < 4.78 is 0. The van der Waals surface area contributed by atoms with Gasteiger partial charge in [0.05, 0.1) is 4.92 Å². The number of pyridine rings is 1. The summed E-state index contributed by atoms with van der Waals surface area (Å²) in [7, 11) is 1.93. The minimum absolute atomic E-state index is 0.156. The van der Waals surface area contributed by atoms with Crippen LogP contribution < -0.4 is 5.73 Å². The van der Waals surface area contributed by atoms with E-state index in [0.29, 0.717) is 12.1 Å². The first-order valence-corrected chi connectivity index (χ1v) is 7.29. The van der Waals surface area contributed by atoms with E-state index in [1.807, 2.05) is 19.2 Å². The van der Waals surface area contributed by atoms with Crippen LogP contribution in [-0.4, -0.2) is 40.1 Å². The predicted molar refractivity (Wildman–Crippen MR) is 87.1 cm³/mol. The first-order chi connectivity index (χ1) is 11.0. The fourth-order valence-corrected chi connectivity index (χ4v) is 2.48. The molecule has 0 aliphatic heterocycles. The van der Waals surface area contributed by atoms with Crippen LogP contribution in [0.5, 0.6) is 5.75 Å². The molecule has 0 aliphatic carbocycles. The third-order valence-electron chi connectivity index (χ3n) is 3.84. The number of phenols is 1. The van der Waals surface area contributed by atoms with Crippen molar-refractivity contribution in [1.29, 1.82) is 0 Å². The van der Waals surface area contributed by atoms with Gasteiger partial charge in [-0.05, 0) is 42.8 Å². The van der Waals surface area contributed by atoms with E-state index in [9.17, 15) is 15.2 Å². The van der Waals surface area contributed by atoms with Crippen molar-refractivity contribution < 1.29 is 10.0 Å². The molecule has 1 aromatic heterocycles. The Hall–Kier alpha value is -2.51. The average Bonchev–Trinajstić information content (AvgIpc) is 2.55. The van der Waals surface area contributed by atoms with Crippen molar-refractivity contribution in [2.45, 2.75) is 12.5 Å². The van der Waals surface area contributed by atoms with Gasteiger partial charge < -0.3 is 10.8 Å². The van der Waals surface area contributed by atoms with Crippen LogP contribution in [-0.2, 0) is 6.42 Å². The number of nitrogens with two attached hydrogens (primary N) is 1. The highest BCUT2D eigenvalue weighted by Crippen LogP contribution is 2.30. The van der Waals surface area contributed by atoms with E-state index in [1.165, 1.54) is 17.7 Å². The zero-order chi connectivity index (χ0) is 16.8. The van der Waals surface area contributed by atoms with Crippen LogP contribution in [0.2, 0.25) is 0 Å². The quantitative estimate of drug-likeness (QED) is 0.596. The van der Waals surface area contributed by atoms with E-state index in [0.717, 1.165) is 13.0 Å². The molecule has 0 bridgehead atoms. The molecule has 1 unspecified atom stereocenters. The van der Waals surface area contributed by atoms with Crippen LogP contribution in [0, 0.1) is 10.1 Å².